The van der Waals surface area contributed by atoms with Gasteiger partial charge in [-0.3, -0.25) is 0 Å². The highest BCUT2D eigenvalue weighted by molar-refractivity contribution is 5.41. The molecular formula is C17H29NO2. The van der Waals surface area contributed by atoms with E-state index >= 15 is 0 Å². The zero-order chi connectivity index (χ0) is 15.2. The zero-order valence-corrected chi connectivity index (χ0v) is 13.5. The second-order valence-electron chi connectivity index (χ2n) is 5.91. The molecule has 2 N–H and O–H groups in total. The van der Waals surface area contributed by atoms with Gasteiger partial charge in [0.05, 0.1) is 13.2 Å². The molecule has 0 aliphatic carbocycles. The quantitative estimate of drug-likeness (QED) is 0.718. The van der Waals surface area contributed by atoms with Crippen molar-refractivity contribution in [3.05, 3.63) is 28.8 Å². The van der Waals surface area contributed by atoms with Gasteiger partial charge >= 0.3 is 0 Å². The Hall–Kier alpha value is -1.06. The third-order valence-corrected chi connectivity index (χ3v) is 3.85. The topological polar surface area (TPSA) is 41.5 Å². The van der Waals surface area contributed by atoms with E-state index in [2.05, 4.69) is 52.1 Å². The first-order chi connectivity index (χ1) is 9.41. The standard InChI is InChI=1S/C17H29NO2/c1-6-18-17(5,12-19)8-7-9-20-16-11-13(2)10-14(3)15(16)4/h10-11,18-19H,6-9,12H2,1-5H3. The Morgan fingerprint density at radius 1 is 1.25 bits per heavy atom. The van der Waals surface area contributed by atoms with E-state index in [1.54, 1.807) is 0 Å². The van der Waals surface area contributed by atoms with Crippen molar-refractivity contribution in [1.82, 2.24) is 5.32 Å². The Labute approximate surface area is 123 Å². The van der Waals surface area contributed by atoms with Crippen LogP contribution in [0.2, 0.25) is 0 Å². The molecule has 3 nitrogen and oxygen atoms in total. The van der Waals surface area contributed by atoms with Crippen molar-refractivity contribution in [2.75, 3.05) is 19.8 Å². The molecule has 0 fully saturated rings. The van der Waals surface area contributed by atoms with E-state index in [9.17, 15) is 5.11 Å². The number of hydrogen-bond acceptors (Lipinski definition) is 3. The summed E-state index contributed by atoms with van der Waals surface area (Å²) in [5.74, 6) is 0.983. The average Bonchev–Trinajstić information content (AvgIpc) is 2.40. The van der Waals surface area contributed by atoms with Crippen LogP contribution in [0.3, 0.4) is 0 Å². The fourth-order valence-corrected chi connectivity index (χ4v) is 2.45. The highest BCUT2D eigenvalue weighted by atomic mass is 16.5. The van der Waals surface area contributed by atoms with Crippen molar-refractivity contribution >= 4 is 0 Å². The van der Waals surface area contributed by atoms with E-state index in [1.807, 2.05) is 0 Å². The van der Waals surface area contributed by atoms with Crippen molar-refractivity contribution in [2.45, 2.75) is 53.0 Å². The lowest BCUT2D eigenvalue weighted by molar-refractivity contribution is 0.158. The maximum absolute atomic E-state index is 9.45. The molecule has 0 aliphatic heterocycles. The summed E-state index contributed by atoms with van der Waals surface area (Å²) in [7, 11) is 0. The predicted molar refractivity (Wildman–Crippen MR) is 84.5 cm³/mol. The molecule has 1 rings (SSSR count). The van der Waals surface area contributed by atoms with Crippen molar-refractivity contribution in [2.24, 2.45) is 0 Å². The summed E-state index contributed by atoms with van der Waals surface area (Å²) >= 11 is 0. The summed E-state index contributed by atoms with van der Waals surface area (Å²) < 4.78 is 5.91. The molecule has 0 spiro atoms. The van der Waals surface area contributed by atoms with Gasteiger partial charge in [0.25, 0.3) is 0 Å². The maximum atomic E-state index is 9.45. The number of aliphatic hydroxyl groups is 1. The fourth-order valence-electron chi connectivity index (χ4n) is 2.45. The summed E-state index contributed by atoms with van der Waals surface area (Å²) in [5.41, 5.74) is 3.52. The highest BCUT2D eigenvalue weighted by Gasteiger charge is 2.21. The van der Waals surface area contributed by atoms with Gasteiger partial charge in [-0.15, -0.1) is 0 Å². The molecule has 0 bridgehead atoms. The molecule has 0 saturated heterocycles. The van der Waals surface area contributed by atoms with Gasteiger partial charge in [0.1, 0.15) is 5.75 Å². The van der Waals surface area contributed by atoms with Crippen molar-refractivity contribution in [3.8, 4) is 5.75 Å². The van der Waals surface area contributed by atoms with Crippen molar-refractivity contribution < 1.29 is 9.84 Å². The first-order valence-electron chi connectivity index (χ1n) is 7.48. The number of likely N-dealkylation sites (N-methyl/N-ethyl adjacent to an activating group) is 1. The SMILES string of the molecule is CCNC(C)(CO)CCCOc1cc(C)cc(C)c1C. The summed E-state index contributed by atoms with van der Waals surface area (Å²) in [5, 5.41) is 12.8. The van der Waals surface area contributed by atoms with Gasteiger partial charge in [-0.25, -0.2) is 0 Å². The summed E-state index contributed by atoms with van der Waals surface area (Å²) in [6, 6.07) is 4.27. The number of nitrogens with one attached hydrogen (secondary N) is 1. The number of ether oxygens (including phenoxy) is 1. The van der Waals surface area contributed by atoms with Crippen LogP contribution in [0.25, 0.3) is 0 Å². The van der Waals surface area contributed by atoms with Crippen LogP contribution in [0.5, 0.6) is 5.75 Å². The number of benzene rings is 1. The van der Waals surface area contributed by atoms with Crippen LogP contribution >= 0.6 is 0 Å². The minimum atomic E-state index is -0.199. The Morgan fingerprint density at radius 3 is 2.55 bits per heavy atom. The second-order valence-corrected chi connectivity index (χ2v) is 5.91. The van der Waals surface area contributed by atoms with Gasteiger partial charge in [0, 0.05) is 5.54 Å². The normalized spacial score (nSPS) is 14.1. The lowest BCUT2D eigenvalue weighted by Gasteiger charge is -2.28. The van der Waals surface area contributed by atoms with E-state index in [4.69, 9.17) is 4.74 Å². The maximum Gasteiger partial charge on any atom is 0.122 e. The lowest BCUT2D eigenvalue weighted by Crippen LogP contribution is -2.45. The summed E-state index contributed by atoms with van der Waals surface area (Å²) in [6.45, 7) is 12.1. The first-order valence-corrected chi connectivity index (χ1v) is 7.48. The van der Waals surface area contributed by atoms with Crippen molar-refractivity contribution in [1.29, 1.82) is 0 Å². The van der Waals surface area contributed by atoms with Crippen LogP contribution in [0, 0.1) is 20.8 Å². The molecule has 114 valence electrons. The molecule has 1 atom stereocenters. The molecule has 0 heterocycles. The van der Waals surface area contributed by atoms with Crippen LogP contribution in [0.1, 0.15) is 43.4 Å². The largest absolute Gasteiger partial charge is 0.493 e. The molecular weight excluding hydrogens is 250 g/mol. The van der Waals surface area contributed by atoms with Gasteiger partial charge in [-0.1, -0.05) is 13.0 Å². The van der Waals surface area contributed by atoms with E-state index in [0.717, 1.165) is 25.1 Å². The average molecular weight is 279 g/mol. The molecule has 1 aromatic carbocycles. The molecule has 0 radical (unpaired) electrons. The monoisotopic (exact) mass is 279 g/mol. The number of aliphatic hydroxyl groups excluding tert-OH is 1. The van der Waals surface area contributed by atoms with Gasteiger partial charge in [0.2, 0.25) is 0 Å². The Kier molecular flexibility index (Phi) is 6.50. The third-order valence-electron chi connectivity index (χ3n) is 3.85. The summed E-state index contributed by atoms with van der Waals surface area (Å²) in [4.78, 5) is 0. The number of hydrogen-bond donors (Lipinski definition) is 2. The minimum Gasteiger partial charge on any atom is -0.493 e. The van der Waals surface area contributed by atoms with E-state index in [-0.39, 0.29) is 12.1 Å². The van der Waals surface area contributed by atoms with E-state index in [1.165, 1.54) is 16.7 Å². The van der Waals surface area contributed by atoms with Gasteiger partial charge in [-0.05, 0) is 69.8 Å². The number of aryl methyl sites for hydroxylation is 2. The van der Waals surface area contributed by atoms with Gasteiger partial charge in [0.15, 0.2) is 0 Å². The predicted octanol–water partition coefficient (Wildman–Crippen LogP) is 3.13. The van der Waals surface area contributed by atoms with Gasteiger partial charge < -0.3 is 15.2 Å². The highest BCUT2D eigenvalue weighted by Crippen LogP contribution is 2.23. The molecule has 0 saturated carbocycles. The van der Waals surface area contributed by atoms with E-state index in [0.29, 0.717) is 6.61 Å². The Balaban J connectivity index is 2.49. The van der Waals surface area contributed by atoms with Crippen LogP contribution in [0.4, 0.5) is 0 Å². The molecule has 20 heavy (non-hydrogen) atoms. The molecule has 3 heteroatoms. The van der Waals surface area contributed by atoms with E-state index < -0.39 is 0 Å². The lowest BCUT2D eigenvalue weighted by atomic mass is 9.97. The molecule has 0 aromatic heterocycles. The molecule has 1 aromatic rings. The van der Waals surface area contributed by atoms with Crippen LogP contribution < -0.4 is 10.1 Å². The fraction of sp³-hybridized carbons (Fsp3) is 0.647. The molecule has 0 aliphatic rings. The smallest absolute Gasteiger partial charge is 0.122 e. The minimum absolute atomic E-state index is 0.156. The zero-order valence-electron chi connectivity index (χ0n) is 13.5. The number of rotatable bonds is 8. The summed E-state index contributed by atoms with van der Waals surface area (Å²) in [6.07, 6.45) is 1.83. The molecule has 0 amide bonds. The second kappa shape index (κ2) is 7.65. The molecule has 1 unspecified atom stereocenters. The Morgan fingerprint density at radius 2 is 1.95 bits per heavy atom. The van der Waals surface area contributed by atoms with Crippen LogP contribution in [-0.4, -0.2) is 30.4 Å². The van der Waals surface area contributed by atoms with Crippen LogP contribution in [-0.2, 0) is 0 Å². The van der Waals surface area contributed by atoms with Gasteiger partial charge in [-0.2, -0.15) is 0 Å². The third kappa shape index (κ3) is 4.80. The van der Waals surface area contributed by atoms with Crippen molar-refractivity contribution in [3.63, 3.8) is 0 Å². The van der Waals surface area contributed by atoms with Crippen LogP contribution in [0.15, 0.2) is 12.1 Å². The first kappa shape index (κ1) is 17.0. The Bertz CT molecular complexity index is 431.